The molecule has 36 heavy (non-hydrogen) atoms. The Morgan fingerprint density at radius 3 is 2.69 bits per heavy atom. The van der Waals surface area contributed by atoms with E-state index in [0.717, 1.165) is 42.8 Å². The molecule has 0 bridgehead atoms. The lowest BCUT2D eigenvalue weighted by Gasteiger charge is -2.43. The van der Waals surface area contributed by atoms with Gasteiger partial charge in [-0.15, -0.1) is 0 Å². The van der Waals surface area contributed by atoms with Crippen molar-refractivity contribution in [1.29, 1.82) is 5.26 Å². The van der Waals surface area contributed by atoms with Gasteiger partial charge >= 0.3 is 0 Å². The second kappa shape index (κ2) is 9.84. The predicted molar refractivity (Wildman–Crippen MR) is 138 cm³/mol. The van der Waals surface area contributed by atoms with Gasteiger partial charge in [-0.2, -0.15) is 5.26 Å². The number of alkyl halides is 2. The van der Waals surface area contributed by atoms with E-state index in [1.54, 1.807) is 19.9 Å². The predicted octanol–water partition coefficient (Wildman–Crippen LogP) is 5.55. The van der Waals surface area contributed by atoms with Gasteiger partial charge < -0.3 is 9.72 Å². The molecule has 7 heteroatoms. The fourth-order valence-corrected chi connectivity index (χ4v) is 5.72. The van der Waals surface area contributed by atoms with Crippen LogP contribution in [-0.4, -0.2) is 65.5 Å². The highest BCUT2D eigenvalue weighted by Crippen LogP contribution is 2.43. The highest BCUT2D eigenvalue weighted by molar-refractivity contribution is 5.85. The molecule has 0 spiro atoms. The zero-order valence-electron chi connectivity index (χ0n) is 21.2. The smallest absolute Gasteiger partial charge is 0.124 e. The molecule has 0 radical (unpaired) electrons. The van der Waals surface area contributed by atoms with Crippen LogP contribution in [0.15, 0.2) is 42.5 Å². The van der Waals surface area contributed by atoms with Crippen LogP contribution in [0, 0.1) is 11.3 Å². The van der Waals surface area contributed by atoms with E-state index in [1.807, 2.05) is 24.3 Å². The fraction of sp³-hybridized carbons (Fsp3) is 0.483. The highest BCUT2D eigenvalue weighted by Gasteiger charge is 2.39. The van der Waals surface area contributed by atoms with Gasteiger partial charge in [-0.25, -0.2) is 4.39 Å². The van der Waals surface area contributed by atoms with E-state index < -0.39 is 5.67 Å². The molecule has 0 aliphatic carbocycles. The van der Waals surface area contributed by atoms with Crippen LogP contribution in [0.1, 0.15) is 55.6 Å². The van der Waals surface area contributed by atoms with Crippen LogP contribution in [0.2, 0.25) is 0 Å². The molecule has 3 heterocycles. The highest BCUT2D eigenvalue weighted by atomic mass is 19.1. The lowest BCUT2D eigenvalue weighted by Crippen LogP contribution is -2.53. The zero-order chi connectivity index (χ0) is 25.4. The quantitative estimate of drug-likeness (QED) is 0.448. The molecule has 1 fully saturated rings. The topological polar surface area (TPSA) is 55.3 Å². The van der Waals surface area contributed by atoms with Gasteiger partial charge in [0, 0.05) is 48.8 Å². The molecule has 1 aromatic heterocycles. The average molecular weight is 493 g/mol. The van der Waals surface area contributed by atoms with Gasteiger partial charge in [0.25, 0.3) is 0 Å². The third kappa shape index (κ3) is 4.85. The third-order valence-electron chi connectivity index (χ3n) is 7.35. The fourth-order valence-electron chi connectivity index (χ4n) is 5.72. The first kappa shape index (κ1) is 24.7. The normalized spacial score (nSPS) is 21.2. The Balaban J connectivity index is 1.49. The number of hydrogen-bond acceptors (Lipinski definition) is 4. The molecule has 5 nitrogen and oxygen atoms in total. The molecule has 2 atom stereocenters. The average Bonchev–Trinajstić information content (AvgIpc) is 3.18. The number of aromatic nitrogens is 1. The van der Waals surface area contributed by atoms with Crippen molar-refractivity contribution in [3.8, 4) is 11.8 Å². The van der Waals surface area contributed by atoms with Crippen LogP contribution in [0.4, 0.5) is 8.78 Å². The number of nitriles is 1. The molecular formula is C29H34F2N4O. The van der Waals surface area contributed by atoms with Crippen molar-refractivity contribution in [1.82, 2.24) is 14.8 Å². The maximum absolute atomic E-state index is 15.0. The molecule has 0 unspecified atom stereocenters. The summed E-state index contributed by atoms with van der Waals surface area (Å²) >= 11 is 0. The van der Waals surface area contributed by atoms with Crippen LogP contribution in [0.5, 0.6) is 5.75 Å². The number of ether oxygens (including phenoxy) is 1. The minimum atomic E-state index is -1.38. The zero-order valence-corrected chi connectivity index (χ0v) is 21.2. The number of hydrogen-bond donors (Lipinski definition) is 1. The summed E-state index contributed by atoms with van der Waals surface area (Å²) in [4.78, 5) is 7.95. The minimum Gasteiger partial charge on any atom is -0.488 e. The van der Waals surface area contributed by atoms with Crippen molar-refractivity contribution >= 4 is 10.9 Å². The summed E-state index contributed by atoms with van der Waals surface area (Å²) in [6, 6.07) is 16.1. The monoisotopic (exact) mass is 492 g/mol. The Kier molecular flexibility index (Phi) is 6.76. The number of nitrogens with zero attached hydrogens (tertiary/aromatic N) is 3. The van der Waals surface area contributed by atoms with Crippen molar-refractivity contribution in [2.24, 2.45) is 0 Å². The Morgan fingerprint density at radius 1 is 1.19 bits per heavy atom. The lowest BCUT2D eigenvalue weighted by atomic mass is 9.86. The van der Waals surface area contributed by atoms with E-state index in [2.05, 4.69) is 39.9 Å². The molecule has 2 aliphatic rings. The van der Waals surface area contributed by atoms with E-state index in [-0.39, 0.29) is 31.4 Å². The molecule has 1 N–H and O–H groups in total. The standard InChI is InChI=1S/C29H34F2N4O/c1-19-13-25-24-7-4-5-8-26(24)33-27(25)28(35(19)18-29(2,3)31)23-10-9-21(14-20(23)15-32)36-22-16-34(17-22)12-6-11-30/h4-5,7-10,14,19,22,28,33H,6,11-13,16-18H2,1-3H3/t19-,28-/m1/s1. The molecular weight excluding hydrogens is 458 g/mol. The number of para-hydroxylation sites is 1. The van der Waals surface area contributed by atoms with E-state index in [9.17, 15) is 14.0 Å². The maximum Gasteiger partial charge on any atom is 0.124 e. The van der Waals surface area contributed by atoms with Crippen LogP contribution in [0.3, 0.4) is 0 Å². The number of nitrogens with one attached hydrogen (secondary N) is 1. The van der Waals surface area contributed by atoms with Crippen LogP contribution in [0.25, 0.3) is 10.9 Å². The number of aromatic amines is 1. The third-order valence-corrected chi connectivity index (χ3v) is 7.35. The molecule has 0 amide bonds. The van der Waals surface area contributed by atoms with Crippen molar-refractivity contribution in [3.63, 3.8) is 0 Å². The Morgan fingerprint density at radius 2 is 1.97 bits per heavy atom. The molecule has 2 aliphatic heterocycles. The van der Waals surface area contributed by atoms with Gasteiger partial charge in [-0.3, -0.25) is 14.2 Å². The molecule has 0 saturated carbocycles. The summed E-state index contributed by atoms with van der Waals surface area (Å²) in [6.45, 7) is 7.58. The maximum atomic E-state index is 15.0. The van der Waals surface area contributed by atoms with Crippen LogP contribution < -0.4 is 4.74 Å². The summed E-state index contributed by atoms with van der Waals surface area (Å²) in [7, 11) is 0. The van der Waals surface area contributed by atoms with Gasteiger partial charge in [0.05, 0.1) is 24.3 Å². The Labute approximate surface area is 211 Å². The first-order valence-electron chi connectivity index (χ1n) is 12.8. The lowest BCUT2D eigenvalue weighted by molar-refractivity contribution is 0.0184. The minimum absolute atomic E-state index is 0.0425. The summed E-state index contributed by atoms with van der Waals surface area (Å²) < 4.78 is 33.5. The molecule has 5 rings (SSSR count). The summed E-state index contributed by atoms with van der Waals surface area (Å²) in [5.74, 6) is 0.656. The summed E-state index contributed by atoms with van der Waals surface area (Å²) in [6.07, 6.45) is 1.40. The first-order chi connectivity index (χ1) is 17.3. The molecule has 3 aromatic rings. The molecule has 2 aromatic carbocycles. The molecule has 190 valence electrons. The summed E-state index contributed by atoms with van der Waals surface area (Å²) in [5.41, 5.74) is 3.33. The number of fused-ring (bicyclic) bond motifs is 3. The number of likely N-dealkylation sites (tertiary alicyclic amines) is 1. The van der Waals surface area contributed by atoms with E-state index in [1.165, 1.54) is 10.9 Å². The largest absolute Gasteiger partial charge is 0.488 e. The van der Waals surface area contributed by atoms with E-state index in [4.69, 9.17) is 4.74 Å². The second-order valence-corrected chi connectivity index (χ2v) is 10.8. The van der Waals surface area contributed by atoms with Crippen molar-refractivity contribution in [3.05, 3.63) is 64.8 Å². The van der Waals surface area contributed by atoms with Crippen molar-refractivity contribution in [2.45, 2.75) is 57.5 Å². The Bertz CT molecular complexity index is 1270. The van der Waals surface area contributed by atoms with Gasteiger partial charge in [0.2, 0.25) is 0 Å². The van der Waals surface area contributed by atoms with Gasteiger partial charge in [0.15, 0.2) is 0 Å². The first-order valence-corrected chi connectivity index (χ1v) is 12.8. The number of halogens is 2. The summed E-state index contributed by atoms with van der Waals surface area (Å²) in [5, 5.41) is 11.3. The van der Waals surface area contributed by atoms with Crippen molar-refractivity contribution < 1.29 is 13.5 Å². The van der Waals surface area contributed by atoms with Gasteiger partial charge in [0.1, 0.15) is 17.5 Å². The SMILES string of the molecule is C[C@@H]1Cc2c([nH]c3ccccc23)[C@@H](c2ccc(OC3CN(CCCF)C3)cc2C#N)N1CC(C)(C)F. The van der Waals surface area contributed by atoms with Gasteiger partial charge in [-0.1, -0.05) is 24.3 Å². The van der Waals surface area contributed by atoms with Crippen LogP contribution >= 0.6 is 0 Å². The Hall–Kier alpha value is -2.95. The van der Waals surface area contributed by atoms with Crippen LogP contribution in [-0.2, 0) is 6.42 Å². The number of rotatable bonds is 8. The van der Waals surface area contributed by atoms with Gasteiger partial charge in [-0.05, 0) is 62.9 Å². The number of H-pyrrole nitrogens is 1. The van der Waals surface area contributed by atoms with E-state index in [0.29, 0.717) is 17.7 Å². The number of benzene rings is 2. The second-order valence-electron chi connectivity index (χ2n) is 10.8. The van der Waals surface area contributed by atoms with Crippen molar-refractivity contribution in [2.75, 3.05) is 32.9 Å². The molecule has 1 saturated heterocycles. The van der Waals surface area contributed by atoms with E-state index >= 15 is 0 Å².